The minimum absolute atomic E-state index is 0.165. The molecule has 0 saturated heterocycles. The number of halogens is 2. The lowest BCUT2D eigenvalue weighted by Crippen LogP contribution is -2.14. The summed E-state index contributed by atoms with van der Waals surface area (Å²) in [6.45, 7) is 2.17. The van der Waals surface area contributed by atoms with Gasteiger partial charge in [-0.15, -0.1) is 21.5 Å². The summed E-state index contributed by atoms with van der Waals surface area (Å²) in [6.07, 6.45) is 0. The Morgan fingerprint density at radius 3 is 2.73 bits per heavy atom. The molecule has 33 heavy (non-hydrogen) atoms. The minimum Gasteiger partial charge on any atom is -0.484 e. The Morgan fingerprint density at radius 2 is 1.97 bits per heavy atom. The summed E-state index contributed by atoms with van der Waals surface area (Å²) in [5.41, 5.74) is 1.90. The van der Waals surface area contributed by atoms with Gasteiger partial charge in [-0.1, -0.05) is 65.3 Å². The maximum absolute atomic E-state index is 12.5. The summed E-state index contributed by atoms with van der Waals surface area (Å²) < 4.78 is 7.50. The molecule has 0 fully saturated rings. The Labute approximate surface area is 209 Å². The van der Waals surface area contributed by atoms with Gasteiger partial charge in [0.15, 0.2) is 16.1 Å². The third kappa shape index (κ3) is 5.86. The van der Waals surface area contributed by atoms with E-state index in [-0.39, 0.29) is 18.3 Å². The van der Waals surface area contributed by atoms with Crippen LogP contribution in [-0.2, 0) is 18.4 Å². The number of thiazole rings is 1. The van der Waals surface area contributed by atoms with E-state index in [2.05, 4.69) is 20.5 Å². The van der Waals surface area contributed by atoms with Gasteiger partial charge in [0, 0.05) is 22.5 Å². The van der Waals surface area contributed by atoms with E-state index in [1.54, 1.807) is 22.8 Å². The third-order valence-corrected chi connectivity index (χ3v) is 7.04. The minimum atomic E-state index is -0.165. The monoisotopic (exact) mass is 519 g/mol. The lowest BCUT2D eigenvalue weighted by atomic mass is 10.1. The summed E-state index contributed by atoms with van der Waals surface area (Å²) >= 11 is 14.8. The largest absolute Gasteiger partial charge is 0.484 e. The molecule has 170 valence electrons. The highest BCUT2D eigenvalue weighted by Gasteiger charge is 2.15. The molecule has 0 radical (unpaired) electrons. The van der Waals surface area contributed by atoms with Crippen molar-refractivity contribution in [2.75, 3.05) is 11.1 Å². The highest BCUT2D eigenvalue weighted by Crippen LogP contribution is 2.31. The summed E-state index contributed by atoms with van der Waals surface area (Å²) in [6, 6.07) is 14.9. The number of hydrogen-bond donors (Lipinski definition) is 1. The fourth-order valence-corrected chi connectivity index (χ4v) is 4.98. The van der Waals surface area contributed by atoms with Crippen molar-refractivity contribution in [2.45, 2.75) is 18.7 Å². The van der Waals surface area contributed by atoms with Crippen LogP contribution in [0.5, 0.6) is 5.75 Å². The van der Waals surface area contributed by atoms with Crippen LogP contribution >= 0.6 is 46.3 Å². The first kappa shape index (κ1) is 23.6. The second-order valence-corrected chi connectivity index (χ2v) is 9.94. The molecule has 0 saturated carbocycles. The van der Waals surface area contributed by atoms with Gasteiger partial charge in [0.1, 0.15) is 12.4 Å². The maximum Gasteiger partial charge on any atom is 0.236 e. The first-order valence-electron chi connectivity index (χ1n) is 9.82. The van der Waals surface area contributed by atoms with Crippen LogP contribution in [0.3, 0.4) is 0 Å². The SMILES string of the molecule is Cc1sc(NC(=O)CSc2nnc(COc3ccc(Cl)cc3Cl)n2C)nc1-c1ccccc1. The summed E-state index contributed by atoms with van der Waals surface area (Å²) in [4.78, 5) is 18.1. The van der Waals surface area contributed by atoms with Gasteiger partial charge in [0.05, 0.1) is 16.5 Å². The first-order chi connectivity index (χ1) is 15.9. The van der Waals surface area contributed by atoms with Crippen molar-refractivity contribution in [1.82, 2.24) is 19.7 Å². The third-order valence-electron chi connectivity index (χ3n) is 4.60. The van der Waals surface area contributed by atoms with Crippen molar-refractivity contribution in [2.24, 2.45) is 7.05 Å². The molecule has 0 aliphatic rings. The van der Waals surface area contributed by atoms with Crippen LogP contribution < -0.4 is 10.1 Å². The van der Waals surface area contributed by atoms with Crippen molar-refractivity contribution in [3.63, 3.8) is 0 Å². The van der Waals surface area contributed by atoms with Crippen molar-refractivity contribution in [3.8, 4) is 17.0 Å². The number of hydrogen-bond acceptors (Lipinski definition) is 7. The fourth-order valence-electron chi connectivity index (χ4n) is 2.93. The van der Waals surface area contributed by atoms with Gasteiger partial charge in [-0.05, 0) is 25.1 Å². The molecule has 0 atom stereocenters. The molecule has 1 amide bonds. The molecule has 0 spiro atoms. The Hall–Kier alpha value is -2.59. The average Bonchev–Trinajstić information content (AvgIpc) is 3.34. The number of amides is 1. The first-order valence-corrected chi connectivity index (χ1v) is 12.4. The van der Waals surface area contributed by atoms with E-state index in [1.165, 1.54) is 23.1 Å². The number of aryl methyl sites for hydroxylation is 1. The van der Waals surface area contributed by atoms with E-state index in [4.69, 9.17) is 27.9 Å². The summed E-state index contributed by atoms with van der Waals surface area (Å²) in [5.74, 6) is 1.12. The van der Waals surface area contributed by atoms with Gasteiger partial charge in [0.2, 0.25) is 5.91 Å². The van der Waals surface area contributed by atoms with Crippen LogP contribution in [0.2, 0.25) is 10.0 Å². The van der Waals surface area contributed by atoms with Crippen LogP contribution in [0.15, 0.2) is 53.7 Å². The van der Waals surface area contributed by atoms with E-state index in [9.17, 15) is 4.79 Å². The number of anilines is 1. The number of carbonyl (C=O) groups is 1. The number of benzene rings is 2. The molecule has 2 heterocycles. The van der Waals surface area contributed by atoms with Gasteiger partial charge in [-0.3, -0.25) is 4.79 Å². The molecule has 4 aromatic rings. The number of aromatic nitrogens is 4. The van der Waals surface area contributed by atoms with Crippen molar-refractivity contribution in [1.29, 1.82) is 0 Å². The predicted molar refractivity (Wildman–Crippen MR) is 133 cm³/mol. The standard InChI is InChI=1S/C22H19Cl2N5O2S2/c1-13-20(14-6-4-3-5-7-14)26-21(33-13)25-19(30)12-32-22-28-27-18(29(22)2)11-31-17-9-8-15(23)10-16(17)24/h3-10H,11-12H2,1-2H3,(H,25,26,30). The molecular formula is C22H19Cl2N5O2S2. The molecule has 0 bridgehead atoms. The Morgan fingerprint density at radius 1 is 1.18 bits per heavy atom. The lowest BCUT2D eigenvalue weighted by Gasteiger charge is -2.08. The molecule has 11 heteroatoms. The predicted octanol–water partition coefficient (Wildman–Crippen LogP) is 5.86. The van der Waals surface area contributed by atoms with Gasteiger partial charge in [0.25, 0.3) is 0 Å². The van der Waals surface area contributed by atoms with Gasteiger partial charge in [-0.2, -0.15) is 0 Å². The smallest absolute Gasteiger partial charge is 0.236 e. The van der Waals surface area contributed by atoms with Crippen LogP contribution in [0, 0.1) is 6.92 Å². The molecular weight excluding hydrogens is 501 g/mol. The molecule has 2 aromatic carbocycles. The quantitative estimate of drug-likeness (QED) is 0.293. The van der Waals surface area contributed by atoms with E-state index in [1.807, 2.05) is 44.3 Å². The zero-order valence-corrected chi connectivity index (χ0v) is 20.9. The molecule has 7 nitrogen and oxygen atoms in total. The molecule has 1 N–H and O–H groups in total. The molecule has 0 aliphatic heterocycles. The van der Waals surface area contributed by atoms with Crippen molar-refractivity contribution in [3.05, 3.63) is 69.3 Å². The second-order valence-electron chi connectivity index (χ2n) is 6.95. The van der Waals surface area contributed by atoms with Gasteiger partial charge in [-0.25, -0.2) is 4.98 Å². The average molecular weight is 520 g/mol. The number of nitrogens with one attached hydrogen (secondary N) is 1. The maximum atomic E-state index is 12.5. The lowest BCUT2D eigenvalue weighted by molar-refractivity contribution is -0.113. The van der Waals surface area contributed by atoms with Crippen LogP contribution in [-0.4, -0.2) is 31.4 Å². The van der Waals surface area contributed by atoms with E-state index in [0.717, 1.165) is 16.1 Å². The normalized spacial score (nSPS) is 10.9. The zero-order valence-electron chi connectivity index (χ0n) is 17.7. The van der Waals surface area contributed by atoms with E-state index in [0.29, 0.717) is 31.9 Å². The van der Waals surface area contributed by atoms with Gasteiger partial charge >= 0.3 is 0 Å². The topological polar surface area (TPSA) is 81.9 Å². The molecule has 4 rings (SSSR count). The Kier molecular flexibility index (Phi) is 7.54. The van der Waals surface area contributed by atoms with Gasteiger partial charge < -0.3 is 14.6 Å². The van der Waals surface area contributed by atoms with Crippen LogP contribution in [0.25, 0.3) is 11.3 Å². The number of thioether (sulfide) groups is 1. The number of carbonyl (C=O) groups excluding carboxylic acids is 1. The highest BCUT2D eigenvalue weighted by atomic mass is 35.5. The van der Waals surface area contributed by atoms with E-state index >= 15 is 0 Å². The fraction of sp³-hybridized carbons (Fsp3) is 0.182. The summed E-state index contributed by atoms with van der Waals surface area (Å²) in [5, 5.41) is 13.3. The number of rotatable bonds is 8. The zero-order chi connectivity index (χ0) is 23.4. The molecule has 2 aromatic heterocycles. The summed E-state index contributed by atoms with van der Waals surface area (Å²) in [7, 11) is 1.82. The highest BCUT2D eigenvalue weighted by molar-refractivity contribution is 7.99. The second kappa shape index (κ2) is 10.6. The van der Waals surface area contributed by atoms with E-state index < -0.39 is 0 Å². The molecule has 0 aliphatic carbocycles. The Balaban J connectivity index is 1.32. The number of ether oxygens (including phenoxy) is 1. The van der Waals surface area contributed by atoms with Crippen molar-refractivity contribution >= 4 is 57.3 Å². The van der Waals surface area contributed by atoms with Crippen LogP contribution in [0.4, 0.5) is 5.13 Å². The molecule has 0 unspecified atom stereocenters. The number of nitrogens with zero attached hydrogens (tertiary/aromatic N) is 4. The van der Waals surface area contributed by atoms with Crippen LogP contribution in [0.1, 0.15) is 10.7 Å². The van der Waals surface area contributed by atoms with Crippen molar-refractivity contribution < 1.29 is 9.53 Å². The Bertz CT molecular complexity index is 1280.